The van der Waals surface area contributed by atoms with Crippen LogP contribution in [0.3, 0.4) is 0 Å². The first-order valence-electron chi connectivity index (χ1n) is 22.3. The summed E-state index contributed by atoms with van der Waals surface area (Å²) in [5.74, 6) is -0.609. The van der Waals surface area contributed by atoms with E-state index in [0.29, 0.717) is 30.2 Å². The Morgan fingerprint density at radius 2 is 1.42 bits per heavy atom. The van der Waals surface area contributed by atoms with Gasteiger partial charge in [-0.25, -0.2) is 19.2 Å². The van der Waals surface area contributed by atoms with Crippen molar-refractivity contribution in [2.45, 2.75) is 92.1 Å². The van der Waals surface area contributed by atoms with Crippen LogP contribution in [0.2, 0.25) is 0 Å². The molecule has 69 heavy (non-hydrogen) atoms. The number of hydrazine groups is 1. The molecule has 382 valence electrons. The van der Waals surface area contributed by atoms with Gasteiger partial charge in [0.15, 0.2) is 0 Å². The maximum Gasteiger partial charge on any atom is 0.407 e. The lowest BCUT2D eigenvalue weighted by atomic mass is 9.85. The summed E-state index contributed by atoms with van der Waals surface area (Å²) in [4.78, 5) is 73.2. The van der Waals surface area contributed by atoms with Crippen molar-refractivity contribution in [2.24, 2.45) is 16.6 Å². The van der Waals surface area contributed by atoms with E-state index in [4.69, 9.17) is 25.0 Å². The van der Waals surface area contributed by atoms with Crippen molar-refractivity contribution in [3.05, 3.63) is 108 Å². The first kappa shape index (κ1) is 59.7. The minimum atomic E-state index is -3.87. The van der Waals surface area contributed by atoms with Crippen molar-refractivity contribution in [1.82, 2.24) is 46.9 Å². The van der Waals surface area contributed by atoms with E-state index in [1.807, 2.05) is 107 Å². The summed E-state index contributed by atoms with van der Waals surface area (Å²) in [5, 5.41) is 31.0. The second kappa shape index (κ2) is 30.3. The van der Waals surface area contributed by atoms with Gasteiger partial charge in [0.25, 0.3) is 5.91 Å². The first-order valence-corrected chi connectivity index (χ1v) is 25.5. The molecule has 20 nitrogen and oxygen atoms in total. The van der Waals surface area contributed by atoms with Gasteiger partial charge in [0.2, 0.25) is 5.91 Å². The second-order valence-electron chi connectivity index (χ2n) is 18.0. The van der Waals surface area contributed by atoms with Crippen LogP contribution in [0, 0.1) is 17.8 Å². The van der Waals surface area contributed by atoms with E-state index < -0.39 is 65.9 Å². The number of amides is 4. The van der Waals surface area contributed by atoms with Crippen molar-refractivity contribution in [2.75, 3.05) is 46.2 Å². The SMILES string of the molecule is COC(=O)N[C@H](C(=O)N[C@@H](Cc1ccccc1)[C@@H](O)CN(Cc1ccc(-c2ccccn2)cc1)NC(=O)[C@@H](NC(=O)OC)C(C)(C)C)C(C)(C)C.Cc1cn[nH]c1.NCCCNCCSP(=O)(O)O. The fourth-order valence-corrected chi connectivity index (χ4v) is 7.74. The highest BCUT2D eigenvalue weighted by atomic mass is 32.7. The number of methoxy groups -OCH3 is 2. The molecule has 2 aromatic heterocycles. The number of aliphatic hydroxyl groups excluding tert-OH is 1. The quantitative estimate of drug-likeness (QED) is 0.0308. The number of aromatic amines is 1. The largest absolute Gasteiger partial charge is 0.453 e. The molecule has 22 heteroatoms. The lowest BCUT2D eigenvalue weighted by Gasteiger charge is -2.35. The van der Waals surface area contributed by atoms with Crippen LogP contribution in [-0.4, -0.2) is 129 Å². The van der Waals surface area contributed by atoms with E-state index in [0.717, 1.165) is 35.3 Å². The van der Waals surface area contributed by atoms with Crippen LogP contribution in [0.25, 0.3) is 11.3 Å². The smallest absolute Gasteiger partial charge is 0.407 e. The summed E-state index contributed by atoms with van der Waals surface area (Å²) >= 11 is 0.665. The average molecular weight is 1000 g/mol. The highest BCUT2D eigenvalue weighted by molar-refractivity contribution is 8.54. The number of benzene rings is 2. The number of ether oxygens (including phenoxy) is 2. The molecule has 4 atom stereocenters. The van der Waals surface area contributed by atoms with E-state index in [1.165, 1.54) is 19.8 Å². The van der Waals surface area contributed by atoms with Crippen molar-refractivity contribution < 1.29 is 48.1 Å². The monoisotopic (exact) mass is 1000 g/mol. The molecule has 0 bridgehead atoms. The molecule has 4 amide bonds. The van der Waals surface area contributed by atoms with Crippen molar-refractivity contribution in [1.29, 1.82) is 0 Å². The van der Waals surface area contributed by atoms with Gasteiger partial charge in [-0.15, -0.1) is 0 Å². The zero-order valence-electron chi connectivity index (χ0n) is 41.1. The maximum atomic E-state index is 13.8. The Hall–Kier alpha value is -5.38. The molecule has 11 N–H and O–H groups in total. The van der Waals surface area contributed by atoms with E-state index >= 15 is 0 Å². The number of rotatable bonds is 21. The molecule has 0 spiro atoms. The minimum absolute atomic E-state index is 0.120. The first-order chi connectivity index (χ1) is 32.5. The number of hydrogen-bond donors (Lipinski definition) is 10. The molecule has 0 unspecified atom stereocenters. The van der Waals surface area contributed by atoms with Gasteiger partial charge < -0.3 is 51.4 Å². The van der Waals surface area contributed by atoms with Crippen LogP contribution in [0.15, 0.2) is 91.4 Å². The van der Waals surface area contributed by atoms with Crippen LogP contribution < -0.4 is 32.4 Å². The number of pyridine rings is 1. The number of aliphatic hydroxyl groups is 1. The van der Waals surface area contributed by atoms with Crippen molar-refractivity contribution in [3.63, 3.8) is 0 Å². The Kier molecular flexibility index (Phi) is 26.2. The maximum absolute atomic E-state index is 13.8. The zero-order valence-corrected chi connectivity index (χ0v) is 42.8. The number of alkyl carbamates (subject to hydrolysis) is 2. The Morgan fingerprint density at radius 3 is 1.90 bits per heavy atom. The van der Waals surface area contributed by atoms with Gasteiger partial charge in [0.05, 0.1) is 38.3 Å². The van der Waals surface area contributed by atoms with Gasteiger partial charge in [0.1, 0.15) is 12.1 Å². The molecule has 0 saturated heterocycles. The minimum Gasteiger partial charge on any atom is -0.453 e. The van der Waals surface area contributed by atoms with Gasteiger partial charge in [-0.05, 0) is 83.9 Å². The molecule has 2 heterocycles. The van der Waals surface area contributed by atoms with Crippen LogP contribution >= 0.6 is 18.2 Å². The van der Waals surface area contributed by atoms with Gasteiger partial charge in [-0.3, -0.25) is 25.1 Å². The number of carbonyl (C=O) groups is 4. The molecule has 2 aromatic carbocycles. The van der Waals surface area contributed by atoms with Crippen LogP contribution in [0.5, 0.6) is 0 Å². The number of H-pyrrole nitrogens is 1. The topological polar surface area (TPSA) is 295 Å². The summed E-state index contributed by atoms with van der Waals surface area (Å²) in [5.41, 5.74) is 11.3. The number of aromatic nitrogens is 3. The number of hydrogen-bond acceptors (Lipinski definition) is 14. The van der Waals surface area contributed by atoms with Crippen LogP contribution in [0.1, 0.15) is 64.7 Å². The van der Waals surface area contributed by atoms with Crippen molar-refractivity contribution >= 4 is 42.2 Å². The third kappa shape index (κ3) is 24.6. The molecule has 4 rings (SSSR count). The Bertz CT molecular complexity index is 2140. The molecule has 0 radical (unpaired) electrons. The fourth-order valence-electron chi connectivity index (χ4n) is 6.28. The lowest BCUT2D eigenvalue weighted by molar-refractivity contribution is -0.132. The number of nitrogens with two attached hydrogens (primary N) is 1. The highest BCUT2D eigenvalue weighted by Gasteiger charge is 2.37. The average Bonchev–Trinajstić information content (AvgIpc) is 3.78. The zero-order chi connectivity index (χ0) is 51.6. The molecule has 4 aromatic rings. The molecule has 0 fully saturated rings. The summed E-state index contributed by atoms with van der Waals surface area (Å²) in [6.07, 6.45) is 3.74. The highest BCUT2D eigenvalue weighted by Crippen LogP contribution is 2.49. The summed E-state index contributed by atoms with van der Waals surface area (Å²) in [7, 11) is 2.44. The van der Waals surface area contributed by atoms with E-state index in [1.54, 1.807) is 38.2 Å². The number of nitrogens with zero attached hydrogens (tertiary/aromatic N) is 3. The standard InChI is InChI=1S/C38H52N6O7.C5H15N2O3PS.C4H6N2/c1-37(2,3)31(41-35(48)50-7)33(46)40-29(22-25-14-10-9-11-15-25)30(45)24-44(43-34(47)32(38(4,5)6)42-36(49)51-8)23-26-17-19-27(20-18-26)28-16-12-13-21-39-28;6-2-1-3-7-4-5-12-11(8,9)10;1-4-2-5-6-3-4/h9-21,29-32,45H,22-24H2,1-8H3,(H,40,46)(H,41,48)(H,42,49)(H,43,47);7H,1-6H2,(H2,8,9,10);2-3H,1H3,(H,5,6)/t29-,30-,31+,32+;;/m0../s1. The Balaban J connectivity index is 0.000000754. The number of aryl methyl sites for hydroxylation is 1. The number of carbonyl (C=O) groups excluding carboxylic acids is 4. The Labute approximate surface area is 409 Å². The van der Waals surface area contributed by atoms with Gasteiger partial charge >= 0.3 is 19.0 Å². The summed E-state index contributed by atoms with van der Waals surface area (Å²) in [6.45, 7) is 11.1. The third-order valence-corrected chi connectivity index (χ3v) is 12.2. The normalized spacial score (nSPS) is 13.2. The van der Waals surface area contributed by atoms with Gasteiger partial charge in [-0.1, -0.05) is 102 Å². The molecule has 0 aliphatic rings. The third-order valence-electron chi connectivity index (χ3n) is 9.94. The number of nitrogens with one attached hydrogen (secondary N) is 6. The van der Waals surface area contributed by atoms with E-state index in [-0.39, 0.29) is 19.5 Å². The summed E-state index contributed by atoms with van der Waals surface area (Å²) < 4.78 is 19.9. The van der Waals surface area contributed by atoms with Crippen LogP contribution in [0.4, 0.5) is 9.59 Å². The second-order valence-corrected chi connectivity index (χ2v) is 21.9. The molecule has 0 aliphatic heterocycles. The molecule has 0 saturated carbocycles. The van der Waals surface area contributed by atoms with Crippen molar-refractivity contribution in [3.8, 4) is 11.3 Å². The van der Waals surface area contributed by atoms with Crippen LogP contribution in [-0.2, 0) is 36.6 Å². The van der Waals surface area contributed by atoms with E-state index in [9.17, 15) is 28.8 Å². The molecular weight excluding hydrogens is 928 g/mol. The predicted octanol–water partition coefficient (Wildman–Crippen LogP) is 4.68. The molecule has 0 aliphatic carbocycles. The van der Waals surface area contributed by atoms with E-state index in [2.05, 4.69) is 41.9 Å². The predicted molar refractivity (Wildman–Crippen MR) is 268 cm³/mol. The van der Waals surface area contributed by atoms with Gasteiger partial charge in [-0.2, -0.15) is 5.10 Å². The lowest BCUT2D eigenvalue weighted by Crippen LogP contribution is -2.60. The summed E-state index contributed by atoms with van der Waals surface area (Å²) in [6, 6.07) is 19.8. The van der Waals surface area contributed by atoms with Gasteiger partial charge in [0, 0.05) is 43.3 Å². The fraction of sp³-hybridized carbons (Fsp3) is 0.489. The molecular formula is C47H73N10O10PS. The Morgan fingerprint density at radius 1 is 0.826 bits per heavy atom.